The average molecular weight is 449 g/mol. The van der Waals surface area contributed by atoms with Crippen LogP contribution >= 0.6 is 0 Å². The molecule has 1 aromatic heterocycles. The third-order valence-electron chi connectivity index (χ3n) is 6.26. The van der Waals surface area contributed by atoms with Gasteiger partial charge in [-0.05, 0) is 31.6 Å². The molecule has 4 atom stereocenters. The molecular formula is C21H32N6O5. The zero-order chi connectivity index (χ0) is 23.4. The molecule has 3 rings (SSSR count). The zero-order valence-corrected chi connectivity index (χ0v) is 18.5. The van der Waals surface area contributed by atoms with Crippen molar-refractivity contribution >= 4 is 23.7 Å². The number of carboxylic acid groups (broad SMARTS) is 1. The molecule has 4 unspecified atom stereocenters. The molecule has 0 radical (unpaired) electrons. The van der Waals surface area contributed by atoms with Gasteiger partial charge < -0.3 is 30.9 Å². The fourth-order valence-electron chi connectivity index (χ4n) is 4.34. The van der Waals surface area contributed by atoms with Gasteiger partial charge in [-0.1, -0.05) is 13.8 Å². The number of nitrogens with one attached hydrogen (secondary N) is 2. The molecule has 5 N–H and O–H groups in total. The number of likely N-dealkylation sites (tertiary alicyclic amines) is 2. The number of nitrogens with zero attached hydrogens (tertiary/aromatic N) is 3. The van der Waals surface area contributed by atoms with Gasteiger partial charge >= 0.3 is 5.97 Å². The number of aromatic nitrogens is 2. The monoisotopic (exact) mass is 448 g/mol. The lowest BCUT2D eigenvalue weighted by Crippen LogP contribution is -2.57. The van der Waals surface area contributed by atoms with Crippen molar-refractivity contribution in [2.45, 2.75) is 70.1 Å². The number of carboxylic acids is 1. The van der Waals surface area contributed by atoms with Crippen LogP contribution in [0.25, 0.3) is 0 Å². The van der Waals surface area contributed by atoms with Crippen LogP contribution in [0.15, 0.2) is 12.5 Å². The largest absolute Gasteiger partial charge is 0.480 e. The van der Waals surface area contributed by atoms with E-state index < -0.39 is 36.0 Å². The molecule has 32 heavy (non-hydrogen) atoms. The first-order valence-electron chi connectivity index (χ1n) is 11.1. The Morgan fingerprint density at radius 3 is 2.44 bits per heavy atom. The number of carbonyl (C=O) groups excluding carboxylic acids is 3. The topological polar surface area (TPSA) is 162 Å². The highest BCUT2D eigenvalue weighted by atomic mass is 16.4. The summed E-state index contributed by atoms with van der Waals surface area (Å²) in [5, 5.41) is 12.1. The van der Waals surface area contributed by atoms with Crippen LogP contribution in [-0.2, 0) is 25.6 Å². The molecule has 2 fully saturated rings. The number of nitrogens with two attached hydrogens (primary N) is 1. The summed E-state index contributed by atoms with van der Waals surface area (Å²) in [5.74, 6) is -2.24. The first kappa shape index (κ1) is 23.7. The molecule has 11 heteroatoms. The van der Waals surface area contributed by atoms with Crippen LogP contribution in [0, 0.1) is 5.92 Å². The first-order chi connectivity index (χ1) is 15.2. The maximum atomic E-state index is 13.3. The Balaban J connectivity index is 1.68. The van der Waals surface area contributed by atoms with Crippen LogP contribution in [0.2, 0.25) is 0 Å². The number of hydrogen-bond donors (Lipinski definition) is 4. The smallest absolute Gasteiger partial charge is 0.326 e. The number of rotatable bonds is 8. The number of aromatic amines is 1. The molecule has 2 saturated heterocycles. The molecule has 2 aliphatic rings. The quantitative estimate of drug-likeness (QED) is 0.416. The summed E-state index contributed by atoms with van der Waals surface area (Å²) in [6, 6.07) is -3.22. The van der Waals surface area contributed by atoms with Crippen LogP contribution in [0.3, 0.4) is 0 Å². The average Bonchev–Trinajstić information content (AvgIpc) is 3.52. The number of amides is 3. The highest BCUT2D eigenvalue weighted by Gasteiger charge is 2.43. The standard InChI is InChI=1S/C21H32N6O5/c1-12(2)17(22)20(30)27-8-4-6-16(27)19(29)26-7-3-5-15(26)18(28)25-14(21(31)32)9-13-10-23-11-24-13/h10-12,14-17H,3-9,22H2,1-2H3,(H,23,24)(H,25,28)(H,31,32). The van der Waals surface area contributed by atoms with Gasteiger partial charge in [0.2, 0.25) is 17.7 Å². The summed E-state index contributed by atoms with van der Waals surface area (Å²) in [4.78, 5) is 60.4. The maximum absolute atomic E-state index is 13.3. The third kappa shape index (κ3) is 5.09. The molecule has 3 amide bonds. The molecule has 2 aliphatic heterocycles. The van der Waals surface area contributed by atoms with Crippen molar-refractivity contribution < 1.29 is 24.3 Å². The summed E-state index contributed by atoms with van der Waals surface area (Å²) < 4.78 is 0. The summed E-state index contributed by atoms with van der Waals surface area (Å²) in [6.45, 7) is 4.58. The molecule has 176 valence electrons. The van der Waals surface area contributed by atoms with E-state index in [9.17, 15) is 24.3 Å². The molecule has 0 aliphatic carbocycles. The Bertz CT molecular complexity index is 842. The van der Waals surface area contributed by atoms with Gasteiger partial charge in [-0.15, -0.1) is 0 Å². The Labute approximate surface area is 186 Å². The van der Waals surface area contributed by atoms with Crippen LogP contribution in [-0.4, -0.2) is 85.8 Å². The minimum Gasteiger partial charge on any atom is -0.480 e. The molecule has 0 spiro atoms. The first-order valence-corrected chi connectivity index (χ1v) is 11.1. The van der Waals surface area contributed by atoms with Crippen molar-refractivity contribution in [1.82, 2.24) is 25.1 Å². The van der Waals surface area contributed by atoms with Gasteiger partial charge in [0.1, 0.15) is 18.1 Å². The highest BCUT2D eigenvalue weighted by molar-refractivity contribution is 5.94. The summed E-state index contributed by atoms with van der Waals surface area (Å²) in [6.07, 6.45) is 5.29. The number of aliphatic carboxylic acids is 1. The molecule has 0 aromatic carbocycles. The summed E-state index contributed by atoms with van der Waals surface area (Å²) in [5.41, 5.74) is 6.61. The van der Waals surface area contributed by atoms with Gasteiger partial charge in [0.05, 0.1) is 12.4 Å². The molecule has 1 aromatic rings. The molecule has 0 bridgehead atoms. The van der Waals surface area contributed by atoms with Crippen LogP contribution in [0.4, 0.5) is 0 Å². The van der Waals surface area contributed by atoms with Crippen molar-refractivity contribution in [3.63, 3.8) is 0 Å². The van der Waals surface area contributed by atoms with E-state index >= 15 is 0 Å². The second-order valence-corrected chi connectivity index (χ2v) is 8.83. The second-order valence-electron chi connectivity index (χ2n) is 8.83. The molecule has 0 saturated carbocycles. The molecule has 11 nitrogen and oxygen atoms in total. The number of imidazole rings is 1. The number of carbonyl (C=O) groups is 4. The van der Waals surface area contributed by atoms with Crippen molar-refractivity contribution in [2.24, 2.45) is 11.7 Å². The van der Waals surface area contributed by atoms with Gasteiger partial charge in [-0.3, -0.25) is 14.4 Å². The Morgan fingerprint density at radius 2 is 1.84 bits per heavy atom. The van der Waals surface area contributed by atoms with Gasteiger partial charge in [-0.25, -0.2) is 9.78 Å². The van der Waals surface area contributed by atoms with Crippen molar-refractivity contribution in [1.29, 1.82) is 0 Å². The fraction of sp³-hybridized carbons (Fsp3) is 0.667. The normalized spacial score (nSPS) is 22.8. The van der Waals surface area contributed by atoms with Crippen LogP contribution in [0.5, 0.6) is 0 Å². The van der Waals surface area contributed by atoms with Gasteiger partial charge in [0, 0.05) is 31.4 Å². The van der Waals surface area contributed by atoms with E-state index in [-0.39, 0.29) is 24.2 Å². The van der Waals surface area contributed by atoms with E-state index in [1.165, 1.54) is 17.4 Å². The predicted molar refractivity (Wildman–Crippen MR) is 114 cm³/mol. The van der Waals surface area contributed by atoms with Gasteiger partial charge in [-0.2, -0.15) is 0 Å². The summed E-state index contributed by atoms with van der Waals surface area (Å²) >= 11 is 0. The van der Waals surface area contributed by atoms with Crippen LogP contribution < -0.4 is 11.1 Å². The Hall–Kier alpha value is -2.95. The minimum absolute atomic E-state index is 0.0491. The van der Waals surface area contributed by atoms with E-state index in [4.69, 9.17) is 5.73 Å². The van der Waals surface area contributed by atoms with Crippen molar-refractivity contribution in [3.8, 4) is 0 Å². The van der Waals surface area contributed by atoms with E-state index in [2.05, 4.69) is 15.3 Å². The molecular weight excluding hydrogens is 416 g/mol. The second kappa shape index (κ2) is 10.1. The SMILES string of the molecule is CC(C)C(N)C(=O)N1CCCC1C(=O)N1CCCC1C(=O)NC(Cc1cnc[nH]1)C(=O)O. The van der Waals surface area contributed by atoms with Crippen molar-refractivity contribution in [3.05, 3.63) is 18.2 Å². The van der Waals surface area contributed by atoms with E-state index in [0.29, 0.717) is 44.5 Å². The lowest BCUT2D eigenvalue weighted by atomic mass is 10.0. The lowest BCUT2D eigenvalue weighted by Gasteiger charge is -2.33. The molecule has 3 heterocycles. The number of H-pyrrole nitrogens is 1. The maximum Gasteiger partial charge on any atom is 0.326 e. The Kier molecular flexibility index (Phi) is 7.49. The van der Waals surface area contributed by atoms with Gasteiger partial charge in [0.15, 0.2) is 0 Å². The van der Waals surface area contributed by atoms with E-state index in [1.54, 1.807) is 4.90 Å². The highest BCUT2D eigenvalue weighted by Crippen LogP contribution is 2.26. The van der Waals surface area contributed by atoms with E-state index in [0.717, 1.165) is 0 Å². The summed E-state index contributed by atoms with van der Waals surface area (Å²) in [7, 11) is 0. The Morgan fingerprint density at radius 1 is 1.19 bits per heavy atom. The predicted octanol–water partition coefficient (Wildman–Crippen LogP) is -0.513. The minimum atomic E-state index is -1.17. The lowest BCUT2D eigenvalue weighted by molar-refractivity contribution is -0.148. The van der Waals surface area contributed by atoms with Gasteiger partial charge in [0.25, 0.3) is 0 Å². The fourth-order valence-corrected chi connectivity index (χ4v) is 4.34. The number of hydrogen-bond acceptors (Lipinski definition) is 6. The van der Waals surface area contributed by atoms with Crippen LogP contribution in [0.1, 0.15) is 45.2 Å². The van der Waals surface area contributed by atoms with E-state index in [1.807, 2.05) is 13.8 Å². The third-order valence-corrected chi connectivity index (χ3v) is 6.26. The van der Waals surface area contributed by atoms with Crippen molar-refractivity contribution in [2.75, 3.05) is 13.1 Å². The zero-order valence-electron chi connectivity index (χ0n) is 18.5.